The third kappa shape index (κ3) is 11.2. The molecule has 0 aromatic rings. The molecule has 1 fully saturated rings. The van der Waals surface area contributed by atoms with Crippen molar-refractivity contribution < 1.29 is 23.9 Å². The quantitative estimate of drug-likeness (QED) is 0.536. The van der Waals surface area contributed by atoms with E-state index < -0.39 is 29.4 Å². The molecule has 1 aliphatic heterocycles. The lowest BCUT2D eigenvalue weighted by atomic mass is 10.0. The van der Waals surface area contributed by atoms with Crippen LogP contribution in [0.1, 0.15) is 73.6 Å². The second-order valence-electron chi connectivity index (χ2n) is 9.78. The number of carbonyl (C=O) groups is 3. The van der Waals surface area contributed by atoms with E-state index in [-0.39, 0.29) is 11.9 Å². The average molecular weight is 429 g/mol. The van der Waals surface area contributed by atoms with Crippen LogP contribution in [0, 0.1) is 0 Å². The molecule has 0 aromatic carbocycles. The van der Waals surface area contributed by atoms with Crippen LogP contribution >= 0.6 is 0 Å². The zero-order valence-electron chi connectivity index (χ0n) is 19.4. The number of piperidine rings is 1. The Morgan fingerprint density at radius 1 is 0.967 bits per heavy atom. The smallest absolute Gasteiger partial charge is 0.407 e. The number of alkyl carbamates (subject to hydrolysis) is 2. The molecule has 1 rings (SSSR count). The van der Waals surface area contributed by atoms with E-state index >= 15 is 0 Å². The van der Waals surface area contributed by atoms with Gasteiger partial charge in [0.05, 0.1) is 6.04 Å². The maximum absolute atomic E-state index is 12.5. The summed E-state index contributed by atoms with van der Waals surface area (Å²) in [6.45, 7) is 12.5. The maximum atomic E-state index is 12.5. The Morgan fingerprint density at radius 2 is 1.50 bits per heavy atom. The molecule has 1 heterocycles. The molecule has 1 saturated heterocycles. The number of hydrogen-bond acceptors (Lipinski definition) is 6. The molecule has 30 heavy (non-hydrogen) atoms. The van der Waals surface area contributed by atoms with Crippen molar-refractivity contribution in [3.63, 3.8) is 0 Å². The van der Waals surface area contributed by atoms with E-state index in [9.17, 15) is 14.4 Å². The molecule has 9 nitrogen and oxygen atoms in total. The zero-order chi connectivity index (χ0) is 22.9. The molecule has 3 amide bonds. The van der Waals surface area contributed by atoms with Gasteiger partial charge >= 0.3 is 12.2 Å². The van der Waals surface area contributed by atoms with Gasteiger partial charge in [0.2, 0.25) is 5.91 Å². The SMILES string of the molecule is CC(C)(C)OC(=O)NCCCCC(N)C(=O)N1CCC(NC(=O)OC(C)(C)C)CC1. The molecule has 0 aromatic heterocycles. The van der Waals surface area contributed by atoms with Crippen molar-refractivity contribution in [2.75, 3.05) is 19.6 Å². The van der Waals surface area contributed by atoms with Gasteiger partial charge in [0.1, 0.15) is 11.2 Å². The summed E-state index contributed by atoms with van der Waals surface area (Å²) in [5.41, 5.74) is 5.01. The number of hydrogen-bond donors (Lipinski definition) is 3. The molecule has 0 radical (unpaired) electrons. The molecule has 9 heteroatoms. The molecule has 1 unspecified atom stereocenters. The van der Waals surface area contributed by atoms with Crippen molar-refractivity contribution in [1.82, 2.24) is 15.5 Å². The van der Waals surface area contributed by atoms with Crippen LogP contribution in [0.25, 0.3) is 0 Å². The Hall–Kier alpha value is -2.03. The molecular formula is C21H40N4O5. The molecular weight excluding hydrogens is 388 g/mol. The number of amides is 3. The fraction of sp³-hybridized carbons (Fsp3) is 0.857. The molecule has 1 atom stereocenters. The summed E-state index contributed by atoms with van der Waals surface area (Å²) in [4.78, 5) is 37.7. The first kappa shape index (κ1) is 26.0. The Bertz CT molecular complexity index is 575. The number of nitrogens with zero attached hydrogens (tertiary/aromatic N) is 1. The van der Waals surface area contributed by atoms with Crippen molar-refractivity contribution in [1.29, 1.82) is 0 Å². The largest absolute Gasteiger partial charge is 0.444 e. The summed E-state index contributed by atoms with van der Waals surface area (Å²) in [6.07, 6.45) is 2.51. The number of rotatable bonds is 7. The summed E-state index contributed by atoms with van der Waals surface area (Å²) in [5, 5.41) is 5.56. The highest BCUT2D eigenvalue weighted by Crippen LogP contribution is 2.14. The van der Waals surface area contributed by atoms with Crippen LogP contribution in [0.3, 0.4) is 0 Å². The first-order valence-corrected chi connectivity index (χ1v) is 10.8. The zero-order valence-corrected chi connectivity index (χ0v) is 19.4. The van der Waals surface area contributed by atoms with Crippen molar-refractivity contribution in [3.05, 3.63) is 0 Å². The van der Waals surface area contributed by atoms with Gasteiger partial charge in [0, 0.05) is 25.7 Å². The van der Waals surface area contributed by atoms with Gasteiger partial charge in [-0.25, -0.2) is 9.59 Å². The fourth-order valence-corrected chi connectivity index (χ4v) is 3.07. The van der Waals surface area contributed by atoms with Gasteiger partial charge in [-0.15, -0.1) is 0 Å². The van der Waals surface area contributed by atoms with Crippen molar-refractivity contribution in [2.45, 2.75) is 96.9 Å². The van der Waals surface area contributed by atoms with Crippen molar-refractivity contribution >= 4 is 18.1 Å². The van der Waals surface area contributed by atoms with Gasteiger partial charge in [0.25, 0.3) is 0 Å². The molecule has 0 aliphatic carbocycles. The maximum Gasteiger partial charge on any atom is 0.407 e. The number of carbonyl (C=O) groups excluding carboxylic acids is 3. The normalized spacial score (nSPS) is 16.6. The molecule has 0 spiro atoms. The predicted octanol–water partition coefficient (Wildman–Crippen LogP) is 2.52. The second kappa shape index (κ2) is 11.4. The average Bonchev–Trinajstić information content (AvgIpc) is 2.58. The summed E-state index contributed by atoms with van der Waals surface area (Å²) < 4.78 is 10.4. The van der Waals surface area contributed by atoms with Gasteiger partial charge in [-0.3, -0.25) is 4.79 Å². The van der Waals surface area contributed by atoms with Gasteiger partial charge in [-0.05, 0) is 73.6 Å². The van der Waals surface area contributed by atoms with E-state index in [2.05, 4.69) is 10.6 Å². The lowest BCUT2D eigenvalue weighted by Crippen LogP contribution is -2.51. The van der Waals surface area contributed by atoms with Crippen molar-refractivity contribution in [2.24, 2.45) is 5.73 Å². The minimum atomic E-state index is -0.554. The Labute approximate surface area is 180 Å². The third-order valence-electron chi connectivity index (χ3n) is 4.45. The summed E-state index contributed by atoms with van der Waals surface area (Å²) in [7, 11) is 0. The van der Waals surface area contributed by atoms with E-state index in [1.54, 1.807) is 4.90 Å². The van der Waals surface area contributed by atoms with Crippen molar-refractivity contribution in [3.8, 4) is 0 Å². The second-order valence-corrected chi connectivity index (χ2v) is 9.78. The van der Waals surface area contributed by atoms with Gasteiger partial charge in [0.15, 0.2) is 0 Å². The standard InChI is InChI=1S/C21H40N4O5/c1-20(2,3)29-18(27)23-12-8-7-9-16(22)17(26)25-13-10-15(11-14-25)24-19(28)30-21(4,5)6/h15-16H,7-14,22H2,1-6H3,(H,23,27)(H,24,28). The number of likely N-dealkylation sites (tertiary alicyclic amines) is 1. The molecule has 1 aliphatic rings. The summed E-state index contributed by atoms with van der Waals surface area (Å²) >= 11 is 0. The van der Waals surface area contributed by atoms with E-state index in [0.717, 1.165) is 12.8 Å². The number of ether oxygens (including phenoxy) is 2. The van der Waals surface area contributed by atoms with Gasteiger partial charge in [-0.1, -0.05) is 0 Å². The van der Waals surface area contributed by atoms with Crippen LogP contribution in [-0.4, -0.2) is 65.9 Å². The first-order chi connectivity index (χ1) is 13.8. The van der Waals surface area contributed by atoms with Crippen LogP contribution in [0.5, 0.6) is 0 Å². The molecule has 0 saturated carbocycles. The van der Waals surface area contributed by atoms with E-state index in [0.29, 0.717) is 38.9 Å². The van der Waals surface area contributed by atoms with Crippen LogP contribution in [0.4, 0.5) is 9.59 Å². The van der Waals surface area contributed by atoms with Gasteiger partial charge < -0.3 is 30.7 Å². The number of unbranched alkanes of at least 4 members (excludes halogenated alkanes) is 1. The van der Waals surface area contributed by atoms with E-state index in [1.807, 2.05) is 41.5 Å². The molecule has 4 N–H and O–H groups in total. The summed E-state index contributed by atoms with van der Waals surface area (Å²) in [5.74, 6) is -0.0641. The Balaban J connectivity index is 2.22. The highest BCUT2D eigenvalue weighted by Gasteiger charge is 2.28. The molecule has 0 bridgehead atoms. The molecule has 174 valence electrons. The first-order valence-electron chi connectivity index (χ1n) is 10.8. The topological polar surface area (TPSA) is 123 Å². The minimum Gasteiger partial charge on any atom is -0.444 e. The predicted molar refractivity (Wildman–Crippen MR) is 115 cm³/mol. The highest BCUT2D eigenvalue weighted by molar-refractivity contribution is 5.81. The van der Waals surface area contributed by atoms with E-state index in [1.165, 1.54) is 0 Å². The highest BCUT2D eigenvalue weighted by atomic mass is 16.6. The monoisotopic (exact) mass is 428 g/mol. The number of nitrogens with one attached hydrogen (secondary N) is 2. The van der Waals surface area contributed by atoms with Crippen LogP contribution < -0.4 is 16.4 Å². The van der Waals surface area contributed by atoms with E-state index in [4.69, 9.17) is 15.2 Å². The summed E-state index contributed by atoms with van der Waals surface area (Å²) in [6, 6.07) is -0.555. The van der Waals surface area contributed by atoms with Crippen LogP contribution in [0.15, 0.2) is 0 Å². The Morgan fingerprint density at radius 3 is 2.03 bits per heavy atom. The van der Waals surface area contributed by atoms with Gasteiger partial charge in [-0.2, -0.15) is 0 Å². The third-order valence-corrected chi connectivity index (χ3v) is 4.45. The lowest BCUT2D eigenvalue weighted by Gasteiger charge is -2.34. The minimum absolute atomic E-state index is 0.000877. The van der Waals surface area contributed by atoms with Crippen LogP contribution in [0.2, 0.25) is 0 Å². The number of nitrogens with two attached hydrogens (primary N) is 1. The Kier molecular flexibility index (Phi) is 9.87. The fourth-order valence-electron chi connectivity index (χ4n) is 3.07. The lowest BCUT2D eigenvalue weighted by molar-refractivity contribution is -0.133. The van der Waals surface area contributed by atoms with Crippen LogP contribution in [-0.2, 0) is 14.3 Å².